The van der Waals surface area contributed by atoms with E-state index >= 15 is 0 Å². The molecule has 5 nitrogen and oxygen atoms in total. The number of pyridine rings is 1. The molecule has 2 aromatic heterocycles. The van der Waals surface area contributed by atoms with Crippen LogP contribution in [0.4, 0.5) is 0 Å². The molecule has 1 aromatic carbocycles. The maximum atomic E-state index is 12.3. The van der Waals surface area contributed by atoms with Crippen molar-refractivity contribution in [1.29, 1.82) is 0 Å². The molecule has 2 N–H and O–H groups in total. The number of nitrogens with zero attached hydrogens (tertiary/aromatic N) is 1. The van der Waals surface area contributed by atoms with E-state index in [0.717, 1.165) is 16.5 Å². The maximum Gasteiger partial charge on any atom is 0.242 e. The van der Waals surface area contributed by atoms with E-state index < -0.39 is 10.0 Å². The number of hydrogen-bond donors (Lipinski definition) is 2. The van der Waals surface area contributed by atoms with Crippen molar-refractivity contribution in [3.8, 4) is 0 Å². The van der Waals surface area contributed by atoms with Crippen molar-refractivity contribution in [2.45, 2.75) is 11.4 Å². The van der Waals surface area contributed by atoms with Gasteiger partial charge in [0.25, 0.3) is 0 Å². The lowest BCUT2D eigenvalue weighted by Gasteiger charge is -2.06. The number of nitrogens with one attached hydrogen (secondary N) is 2. The number of fused-ring (bicyclic) bond motifs is 1. The van der Waals surface area contributed by atoms with Crippen LogP contribution in [0.15, 0.2) is 47.6 Å². The Labute approximate surface area is 137 Å². The van der Waals surface area contributed by atoms with Crippen LogP contribution in [0.3, 0.4) is 0 Å². The lowest BCUT2D eigenvalue weighted by atomic mass is 10.2. The fraction of sp³-hybridized carbons (Fsp3) is 0.0714. The van der Waals surface area contributed by atoms with Crippen LogP contribution in [0.1, 0.15) is 5.56 Å². The Balaban J connectivity index is 1.84. The minimum atomic E-state index is -3.71. The monoisotopic (exact) mass is 355 g/mol. The Hall–Kier alpha value is -1.60. The molecule has 2 heterocycles. The molecule has 0 radical (unpaired) electrons. The molecule has 3 rings (SSSR count). The van der Waals surface area contributed by atoms with Gasteiger partial charge in [0.1, 0.15) is 10.0 Å². The van der Waals surface area contributed by atoms with E-state index in [2.05, 4.69) is 14.7 Å². The normalized spacial score (nSPS) is 11.9. The second kappa shape index (κ2) is 5.89. The van der Waals surface area contributed by atoms with Crippen molar-refractivity contribution in [3.05, 3.63) is 58.5 Å². The molecule has 3 aromatic rings. The Morgan fingerprint density at radius 3 is 2.77 bits per heavy atom. The quantitative estimate of drug-likeness (QED) is 0.704. The van der Waals surface area contributed by atoms with Gasteiger partial charge in [-0.15, -0.1) is 0 Å². The number of H-pyrrole nitrogens is 1. The minimum Gasteiger partial charge on any atom is -0.361 e. The molecule has 0 atom stereocenters. The first-order valence-electron chi connectivity index (χ1n) is 6.33. The Bertz CT molecular complexity index is 938. The molecule has 0 bridgehead atoms. The molecule has 0 aliphatic rings. The van der Waals surface area contributed by atoms with Gasteiger partial charge in [0, 0.05) is 29.8 Å². The summed E-state index contributed by atoms with van der Waals surface area (Å²) in [4.78, 5) is 6.82. The molecule has 0 spiro atoms. The van der Waals surface area contributed by atoms with Gasteiger partial charge in [0.05, 0.1) is 5.02 Å². The average molecular weight is 356 g/mol. The molecular formula is C14H11Cl2N3O2S. The first kappa shape index (κ1) is 15.3. The summed E-state index contributed by atoms with van der Waals surface area (Å²) in [5.74, 6) is 0. The number of benzene rings is 1. The molecule has 0 aliphatic carbocycles. The van der Waals surface area contributed by atoms with Crippen molar-refractivity contribution in [1.82, 2.24) is 14.7 Å². The van der Waals surface area contributed by atoms with Crippen LogP contribution in [0, 0.1) is 0 Å². The SMILES string of the molecule is O=S(=O)(NCc1c[nH]c2ccccc12)c1cnc(Cl)c(Cl)c1. The molecular weight excluding hydrogens is 345 g/mol. The molecule has 0 fully saturated rings. The summed E-state index contributed by atoms with van der Waals surface area (Å²) in [6.45, 7) is 0.159. The van der Waals surface area contributed by atoms with Gasteiger partial charge >= 0.3 is 0 Å². The minimum absolute atomic E-state index is 0.0262. The summed E-state index contributed by atoms with van der Waals surface area (Å²) in [7, 11) is -3.71. The first-order chi connectivity index (χ1) is 10.5. The number of sulfonamides is 1. The third-order valence-electron chi connectivity index (χ3n) is 3.21. The van der Waals surface area contributed by atoms with E-state index in [-0.39, 0.29) is 21.6 Å². The summed E-state index contributed by atoms with van der Waals surface area (Å²) < 4.78 is 27.1. The fourth-order valence-corrected chi connectivity index (χ4v) is 3.40. The topological polar surface area (TPSA) is 74.8 Å². The number of hydrogen-bond acceptors (Lipinski definition) is 3. The van der Waals surface area contributed by atoms with E-state index in [9.17, 15) is 8.42 Å². The Kier molecular flexibility index (Phi) is 4.10. The first-order valence-corrected chi connectivity index (χ1v) is 8.57. The Morgan fingerprint density at radius 1 is 1.23 bits per heavy atom. The molecule has 8 heteroatoms. The summed E-state index contributed by atoms with van der Waals surface area (Å²) >= 11 is 11.5. The standard InChI is InChI=1S/C14H11Cl2N3O2S/c15-12-5-10(8-18-14(12)16)22(20,21)19-7-9-6-17-13-4-2-1-3-11(9)13/h1-6,8,17,19H,7H2. The van der Waals surface area contributed by atoms with Crippen molar-refractivity contribution < 1.29 is 8.42 Å². The summed E-state index contributed by atoms with van der Waals surface area (Å²) in [5.41, 5.74) is 1.81. The molecule has 114 valence electrons. The van der Waals surface area contributed by atoms with Crippen molar-refractivity contribution in [2.24, 2.45) is 0 Å². The van der Waals surface area contributed by atoms with Gasteiger partial charge in [0.2, 0.25) is 10.0 Å². The van der Waals surface area contributed by atoms with Crippen LogP contribution < -0.4 is 4.72 Å². The summed E-state index contributed by atoms with van der Waals surface area (Å²) in [6, 6.07) is 8.94. The maximum absolute atomic E-state index is 12.3. The highest BCUT2D eigenvalue weighted by atomic mass is 35.5. The van der Waals surface area contributed by atoms with Crippen LogP contribution in [-0.2, 0) is 16.6 Å². The zero-order valence-corrected chi connectivity index (χ0v) is 13.5. The van der Waals surface area contributed by atoms with Crippen LogP contribution in [0.2, 0.25) is 10.2 Å². The summed E-state index contributed by atoms with van der Waals surface area (Å²) in [5, 5.41) is 1.13. The lowest BCUT2D eigenvalue weighted by Crippen LogP contribution is -2.23. The van der Waals surface area contributed by atoms with E-state index in [1.165, 1.54) is 12.3 Å². The number of aromatic amines is 1. The van der Waals surface area contributed by atoms with Crippen molar-refractivity contribution in [3.63, 3.8) is 0 Å². The van der Waals surface area contributed by atoms with Gasteiger partial charge in [-0.25, -0.2) is 18.1 Å². The van der Waals surface area contributed by atoms with E-state index in [4.69, 9.17) is 23.2 Å². The van der Waals surface area contributed by atoms with Gasteiger partial charge in [-0.1, -0.05) is 41.4 Å². The number of para-hydroxylation sites is 1. The van der Waals surface area contributed by atoms with Gasteiger partial charge < -0.3 is 4.98 Å². The second-order valence-electron chi connectivity index (χ2n) is 4.63. The number of aromatic nitrogens is 2. The highest BCUT2D eigenvalue weighted by molar-refractivity contribution is 7.89. The van der Waals surface area contributed by atoms with Gasteiger partial charge in [0.15, 0.2) is 0 Å². The molecule has 22 heavy (non-hydrogen) atoms. The average Bonchev–Trinajstić information content (AvgIpc) is 2.91. The molecule has 0 saturated heterocycles. The predicted molar refractivity (Wildman–Crippen MR) is 86.6 cm³/mol. The van der Waals surface area contributed by atoms with Gasteiger partial charge in [-0.2, -0.15) is 0 Å². The van der Waals surface area contributed by atoms with E-state index in [0.29, 0.717) is 0 Å². The molecule has 0 unspecified atom stereocenters. The van der Waals surface area contributed by atoms with Crippen LogP contribution in [0.25, 0.3) is 10.9 Å². The van der Waals surface area contributed by atoms with Crippen LogP contribution >= 0.6 is 23.2 Å². The van der Waals surface area contributed by atoms with Gasteiger partial charge in [-0.3, -0.25) is 0 Å². The molecule has 0 saturated carbocycles. The van der Waals surface area contributed by atoms with Crippen molar-refractivity contribution >= 4 is 44.1 Å². The zero-order chi connectivity index (χ0) is 15.7. The van der Waals surface area contributed by atoms with E-state index in [1.54, 1.807) is 6.20 Å². The van der Waals surface area contributed by atoms with Crippen LogP contribution in [0.5, 0.6) is 0 Å². The third-order valence-corrected chi connectivity index (χ3v) is 5.26. The molecule has 0 amide bonds. The Morgan fingerprint density at radius 2 is 2.00 bits per heavy atom. The largest absolute Gasteiger partial charge is 0.361 e. The highest BCUT2D eigenvalue weighted by Gasteiger charge is 2.16. The van der Waals surface area contributed by atoms with Crippen LogP contribution in [-0.4, -0.2) is 18.4 Å². The lowest BCUT2D eigenvalue weighted by molar-refractivity contribution is 0.581. The second-order valence-corrected chi connectivity index (χ2v) is 7.16. The fourth-order valence-electron chi connectivity index (χ4n) is 2.08. The third kappa shape index (κ3) is 2.96. The zero-order valence-electron chi connectivity index (χ0n) is 11.2. The van der Waals surface area contributed by atoms with Gasteiger partial charge in [-0.05, 0) is 17.7 Å². The summed E-state index contributed by atoms with van der Waals surface area (Å²) in [6.07, 6.45) is 2.95. The number of rotatable bonds is 4. The number of halogens is 2. The smallest absolute Gasteiger partial charge is 0.242 e. The van der Waals surface area contributed by atoms with E-state index in [1.807, 2.05) is 24.3 Å². The predicted octanol–water partition coefficient (Wildman–Crippen LogP) is 3.35. The molecule has 0 aliphatic heterocycles. The van der Waals surface area contributed by atoms with Crippen molar-refractivity contribution in [2.75, 3.05) is 0 Å². The highest BCUT2D eigenvalue weighted by Crippen LogP contribution is 2.23.